The quantitative estimate of drug-likeness (QED) is 0.0222. The Labute approximate surface area is 556 Å². The summed E-state index contributed by atoms with van der Waals surface area (Å²) >= 11 is 0. The van der Waals surface area contributed by atoms with E-state index in [9.17, 15) is 43.2 Å². The van der Waals surface area contributed by atoms with Crippen LogP contribution in [0.2, 0.25) is 0 Å². The van der Waals surface area contributed by atoms with Crippen molar-refractivity contribution in [1.82, 2.24) is 0 Å². The number of hydrogen-bond acceptors (Lipinski definition) is 15. The molecule has 0 amide bonds. The molecule has 0 aliphatic carbocycles. The second-order valence-electron chi connectivity index (χ2n) is 27.6. The van der Waals surface area contributed by atoms with Crippen LogP contribution < -0.4 is 0 Å². The van der Waals surface area contributed by atoms with Crippen molar-refractivity contribution < 1.29 is 80.2 Å². The first-order chi connectivity index (χ1) is 43.6. The van der Waals surface area contributed by atoms with Gasteiger partial charge in [-0.2, -0.15) is 0 Å². The van der Waals surface area contributed by atoms with Crippen molar-refractivity contribution in [2.75, 3.05) is 39.6 Å². The summed E-state index contributed by atoms with van der Waals surface area (Å²) in [7, 11) is -9.91. The number of ether oxygens (including phenoxy) is 4. The Bertz CT molecular complexity index is 1800. The van der Waals surface area contributed by atoms with Gasteiger partial charge in [-0.1, -0.05) is 306 Å². The molecule has 0 aliphatic rings. The average Bonchev–Trinajstić information content (AvgIpc) is 3.61. The summed E-state index contributed by atoms with van der Waals surface area (Å²) in [4.78, 5) is 72.6. The van der Waals surface area contributed by atoms with Gasteiger partial charge in [0, 0.05) is 25.7 Å². The number of carbonyl (C=O) groups is 4. The zero-order valence-corrected chi connectivity index (χ0v) is 61.3. The van der Waals surface area contributed by atoms with Crippen LogP contribution in [0.4, 0.5) is 0 Å². The van der Waals surface area contributed by atoms with Crippen LogP contribution in [0.5, 0.6) is 0 Å². The number of carbonyl (C=O) groups excluding carboxylic acids is 4. The number of aliphatic hydroxyl groups excluding tert-OH is 1. The maximum Gasteiger partial charge on any atom is 0.472 e. The minimum atomic E-state index is -4.95. The number of rotatable bonds is 69. The summed E-state index contributed by atoms with van der Waals surface area (Å²) in [6, 6.07) is 0. The lowest BCUT2D eigenvalue weighted by Gasteiger charge is -2.21. The fourth-order valence-corrected chi connectivity index (χ4v) is 12.4. The molecular formula is C72H140O17P2. The highest BCUT2D eigenvalue weighted by molar-refractivity contribution is 7.47. The monoisotopic (exact) mass is 1340 g/mol. The highest BCUT2D eigenvalue weighted by Crippen LogP contribution is 2.45. The fraction of sp³-hybridized carbons (Fsp3) is 0.944. The lowest BCUT2D eigenvalue weighted by Crippen LogP contribution is -2.30. The Balaban J connectivity index is 5.27. The molecule has 3 N–H and O–H groups in total. The molecule has 0 aliphatic heterocycles. The van der Waals surface area contributed by atoms with E-state index in [1.54, 1.807) is 0 Å². The normalized spacial score (nSPS) is 14.5. The number of esters is 4. The van der Waals surface area contributed by atoms with Gasteiger partial charge in [-0.3, -0.25) is 37.3 Å². The van der Waals surface area contributed by atoms with Gasteiger partial charge in [0.15, 0.2) is 12.2 Å². The van der Waals surface area contributed by atoms with Crippen molar-refractivity contribution in [3.05, 3.63) is 0 Å². The van der Waals surface area contributed by atoms with E-state index in [4.69, 9.17) is 37.0 Å². The van der Waals surface area contributed by atoms with E-state index in [2.05, 4.69) is 55.4 Å². The number of unbranched alkanes of at least 4 members (excludes halogenated alkanes) is 34. The first-order valence-electron chi connectivity index (χ1n) is 37.2. The third-order valence-corrected chi connectivity index (χ3v) is 18.8. The number of phosphoric acid groups is 2. The van der Waals surface area contributed by atoms with Crippen LogP contribution >= 0.6 is 15.6 Å². The molecule has 0 rings (SSSR count). The lowest BCUT2D eigenvalue weighted by molar-refractivity contribution is -0.161. The van der Waals surface area contributed by atoms with Crippen molar-refractivity contribution in [3.8, 4) is 0 Å². The highest BCUT2D eigenvalue weighted by Gasteiger charge is 2.30. The Morgan fingerprint density at radius 1 is 0.308 bits per heavy atom. The summed E-state index contributed by atoms with van der Waals surface area (Å²) in [5, 5.41) is 10.6. The van der Waals surface area contributed by atoms with Gasteiger partial charge in [-0.25, -0.2) is 9.13 Å². The maximum atomic E-state index is 13.0. The molecule has 4 unspecified atom stereocenters. The standard InChI is InChI=1S/C72H140O17P2/c1-9-65(8)51-43-35-27-19-14-16-20-28-36-44-52-69(74)82-58-67(88-71(76)54-46-38-29-21-12-10-11-17-24-32-40-48-62(2)3)60-86-90(78,79)84-56-66(73)57-85-91(80,81)87-61-68(59-83-70(75)53-45-37-31-23-26-34-42-50-64(6)7)89-72(77)55-47-39-30-22-15-13-18-25-33-41-49-63(4)5/h62-68,73H,9-61H2,1-8H3,(H,78,79)(H,80,81)/t65?,66?,67-,68-/m1/s1. The maximum absolute atomic E-state index is 13.0. The van der Waals surface area contributed by atoms with Crippen molar-refractivity contribution in [2.24, 2.45) is 23.7 Å². The van der Waals surface area contributed by atoms with E-state index in [0.717, 1.165) is 114 Å². The third-order valence-electron chi connectivity index (χ3n) is 16.9. The van der Waals surface area contributed by atoms with Crippen molar-refractivity contribution >= 4 is 39.5 Å². The topological polar surface area (TPSA) is 237 Å². The van der Waals surface area contributed by atoms with Crippen LogP contribution in [0.1, 0.15) is 357 Å². The minimum absolute atomic E-state index is 0.105. The van der Waals surface area contributed by atoms with E-state index >= 15 is 0 Å². The zero-order valence-electron chi connectivity index (χ0n) is 59.5. The smallest absolute Gasteiger partial charge is 0.462 e. The van der Waals surface area contributed by atoms with Crippen LogP contribution in [-0.2, 0) is 65.4 Å². The van der Waals surface area contributed by atoms with E-state index in [1.165, 1.54) is 154 Å². The van der Waals surface area contributed by atoms with Gasteiger partial charge in [0.2, 0.25) is 0 Å². The first-order valence-corrected chi connectivity index (χ1v) is 40.2. The molecule has 0 fully saturated rings. The van der Waals surface area contributed by atoms with Gasteiger partial charge in [-0.15, -0.1) is 0 Å². The molecule has 0 bridgehead atoms. The van der Waals surface area contributed by atoms with Gasteiger partial charge < -0.3 is 33.8 Å². The SMILES string of the molecule is CCC(C)CCCCCCCCCCCCC(=O)OC[C@H](COP(=O)(O)OCC(O)COP(=O)(O)OC[C@@H](COC(=O)CCCCCCCCCC(C)C)OC(=O)CCCCCCCCCCCCC(C)C)OC(=O)CCCCCCCCCCCCCC(C)C. The molecule has 6 atom stereocenters. The summed E-state index contributed by atoms with van der Waals surface area (Å²) < 4.78 is 68.4. The molecule has 0 saturated heterocycles. The van der Waals surface area contributed by atoms with Crippen LogP contribution in [-0.4, -0.2) is 96.7 Å². The van der Waals surface area contributed by atoms with Crippen molar-refractivity contribution in [2.45, 2.75) is 375 Å². The Kier molecular flexibility index (Phi) is 60.3. The predicted molar refractivity (Wildman–Crippen MR) is 367 cm³/mol. The van der Waals surface area contributed by atoms with E-state index in [-0.39, 0.29) is 25.7 Å². The first kappa shape index (κ1) is 89.1. The molecule has 0 spiro atoms. The summed E-state index contributed by atoms with van der Waals surface area (Å²) in [5.41, 5.74) is 0. The molecule has 0 aromatic heterocycles. The average molecular weight is 1340 g/mol. The van der Waals surface area contributed by atoms with Gasteiger partial charge in [-0.05, 0) is 49.4 Å². The number of phosphoric ester groups is 2. The van der Waals surface area contributed by atoms with Gasteiger partial charge >= 0.3 is 39.5 Å². The fourth-order valence-electron chi connectivity index (χ4n) is 10.8. The van der Waals surface area contributed by atoms with Crippen LogP contribution in [0, 0.1) is 23.7 Å². The van der Waals surface area contributed by atoms with Crippen molar-refractivity contribution in [1.29, 1.82) is 0 Å². The molecule has 0 radical (unpaired) electrons. The summed E-state index contributed by atoms with van der Waals surface area (Å²) in [6.07, 6.45) is 44.4. The molecule has 0 heterocycles. The molecule has 19 heteroatoms. The predicted octanol–water partition coefficient (Wildman–Crippen LogP) is 20.5. The van der Waals surface area contributed by atoms with Crippen LogP contribution in [0.3, 0.4) is 0 Å². The van der Waals surface area contributed by atoms with Crippen LogP contribution in [0.25, 0.3) is 0 Å². The second kappa shape index (κ2) is 61.6. The number of aliphatic hydroxyl groups is 1. The molecular weight excluding hydrogens is 1200 g/mol. The number of hydrogen-bond donors (Lipinski definition) is 3. The van der Waals surface area contributed by atoms with Gasteiger partial charge in [0.1, 0.15) is 19.3 Å². The van der Waals surface area contributed by atoms with Gasteiger partial charge in [0.05, 0.1) is 26.4 Å². The molecule has 0 aromatic rings. The van der Waals surface area contributed by atoms with Gasteiger partial charge in [0.25, 0.3) is 0 Å². The molecule has 540 valence electrons. The Morgan fingerprint density at radius 2 is 0.527 bits per heavy atom. The largest absolute Gasteiger partial charge is 0.472 e. The molecule has 0 aromatic carbocycles. The Hall–Kier alpha value is -1.94. The summed E-state index contributed by atoms with van der Waals surface area (Å²) in [6.45, 7) is 14.1. The lowest BCUT2D eigenvalue weighted by atomic mass is 9.99. The third kappa shape index (κ3) is 65.1. The minimum Gasteiger partial charge on any atom is -0.462 e. The van der Waals surface area contributed by atoms with Crippen LogP contribution in [0.15, 0.2) is 0 Å². The van der Waals surface area contributed by atoms with Crippen molar-refractivity contribution in [3.63, 3.8) is 0 Å². The van der Waals surface area contributed by atoms with E-state index in [1.807, 2.05) is 0 Å². The zero-order chi connectivity index (χ0) is 67.5. The van der Waals surface area contributed by atoms with E-state index < -0.39 is 97.5 Å². The summed E-state index contributed by atoms with van der Waals surface area (Å²) in [5.74, 6) is 0.905. The molecule has 91 heavy (non-hydrogen) atoms. The molecule has 17 nitrogen and oxygen atoms in total. The Morgan fingerprint density at radius 3 is 0.780 bits per heavy atom. The highest BCUT2D eigenvalue weighted by atomic mass is 31.2. The second-order valence-corrected chi connectivity index (χ2v) is 30.6. The van der Waals surface area contributed by atoms with E-state index in [0.29, 0.717) is 31.6 Å². The molecule has 0 saturated carbocycles.